The maximum absolute atomic E-state index is 12.4. The number of nitrogen functional groups attached to an aromatic ring is 1. The average Bonchev–Trinajstić information content (AvgIpc) is 2.82. The minimum atomic E-state index is -0.115. The average molecular weight is 412 g/mol. The number of nitrogens with one attached hydrogen (secondary N) is 1. The molecule has 6 nitrogen and oxygen atoms in total. The highest BCUT2D eigenvalue weighted by molar-refractivity contribution is 5.94. The van der Waals surface area contributed by atoms with Gasteiger partial charge in [-0.05, 0) is 71.8 Å². The smallest absolute Gasteiger partial charge is 0.251 e. The van der Waals surface area contributed by atoms with E-state index < -0.39 is 0 Å². The molecule has 0 aliphatic rings. The Morgan fingerprint density at radius 2 is 1.65 bits per heavy atom. The van der Waals surface area contributed by atoms with Gasteiger partial charge >= 0.3 is 0 Å². The number of carbonyl (C=O) groups is 1. The monoisotopic (exact) mass is 412 g/mol. The number of anilines is 1. The molecule has 4 rings (SSSR count). The van der Waals surface area contributed by atoms with Crippen LogP contribution in [-0.2, 0) is 12.8 Å². The lowest BCUT2D eigenvalue weighted by molar-refractivity contribution is 0.0947. The summed E-state index contributed by atoms with van der Waals surface area (Å²) in [5.74, 6) is 1.05. The van der Waals surface area contributed by atoms with E-state index >= 15 is 0 Å². The van der Waals surface area contributed by atoms with Crippen LogP contribution in [0.2, 0.25) is 0 Å². The summed E-state index contributed by atoms with van der Waals surface area (Å²) in [6, 6.07) is 19.4. The number of nitrogens with two attached hydrogens (primary N) is 1. The van der Waals surface area contributed by atoms with E-state index in [1.807, 2.05) is 60.7 Å². The van der Waals surface area contributed by atoms with Crippen LogP contribution >= 0.6 is 0 Å². The fourth-order valence-electron chi connectivity index (χ4n) is 3.36. The van der Waals surface area contributed by atoms with Gasteiger partial charge in [-0.3, -0.25) is 9.78 Å². The first-order valence-electron chi connectivity index (χ1n) is 10.2. The van der Waals surface area contributed by atoms with Crippen molar-refractivity contribution in [1.82, 2.24) is 15.3 Å². The van der Waals surface area contributed by atoms with Gasteiger partial charge in [-0.15, -0.1) is 0 Å². The van der Waals surface area contributed by atoms with Crippen molar-refractivity contribution in [1.29, 1.82) is 0 Å². The number of carbonyl (C=O) groups excluding carboxylic acids is 1. The number of nitrogens with zero attached hydrogens (tertiary/aromatic N) is 2. The number of ether oxygens (including phenoxy) is 1. The molecule has 4 aromatic rings. The number of rotatable bonds is 8. The summed E-state index contributed by atoms with van der Waals surface area (Å²) in [7, 11) is 0. The molecule has 0 bridgehead atoms. The first-order chi connectivity index (χ1) is 15.2. The third kappa shape index (κ3) is 5.36. The number of pyridine rings is 2. The largest absolute Gasteiger partial charge is 0.492 e. The molecule has 3 N–H and O–H groups in total. The fourth-order valence-corrected chi connectivity index (χ4v) is 3.36. The second kappa shape index (κ2) is 9.71. The Labute approximate surface area is 181 Å². The number of hydrogen-bond donors (Lipinski definition) is 2. The van der Waals surface area contributed by atoms with Gasteiger partial charge in [0.1, 0.15) is 18.2 Å². The van der Waals surface area contributed by atoms with Crippen LogP contribution in [0.5, 0.6) is 5.75 Å². The number of amides is 1. The zero-order chi connectivity index (χ0) is 21.5. The van der Waals surface area contributed by atoms with Crippen LogP contribution in [0.15, 0.2) is 79.3 Å². The van der Waals surface area contributed by atoms with E-state index in [1.54, 1.807) is 18.6 Å². The van der Waals surface area contributed by atoms with E-state index in [9.17, 15) is 4.79 Å². The quantitative estimate of drug-likeness (QED) is 0.430. The molecule has 6 heteroatoms. The van der Waals surface area contributed by atoms with Crippen molar-refractivity contribution in [3.05, 3.63) is 95.9 Å². The van der Waals surface area contributed by atoms with Gasteiger partial charge in [-0.1, -0.05) is 18.2 Å². The van der Waals surface area contributed by atoms with Crippen LogP contribution in [0.1, 0.15) is 21.5 Å². The third-order valence-corrected chi connectivity index (χ3v) is 5.09. The highest BCUT2D eigenvalue weighted by atomic mass is 16.5. The number of aromatic nitrogens is 2. The van der Waals surface area contributed by atoms with E-state index in [0.717, 1.165) is 23.6 Å². The fraction of sp³-hybridized carbons (Fsp3) is 0.160. The predicted octanol–water partition coefficient (Wildman–Crippen LogP) is 3.81. The van der Waals surface area contributed by atoms with Gasteiger partial charge in [0.05, 0.1) is 6.54 Å². The molecule has 2 aromatic carbocycles. The van der Waals surface area contributed by atoms with Gasteiger partial charge in [-0.2, -0.15) is 0 Å². The molecule has 2 aromatic heterocycles. The van der Waals surface area contributed by atoms with E-state index in [4.69, 9.17) is 10.5 Å². The van der Waals surface area contributed by atoms with Gasteiger partial charge in [0.25, 0.3) is 5.91 Å². The molecule has 0 aliphatic heterocycles. The Morgan fingerprint density at radius 1 is 0.903 bits per heavy atom. The lowest BCUT2D eigenvalue weighted by Gasteiger charge is -2.10. The van der Waals surface area contributed by atoms with Crippen molar-refractivity contribution in [3.8, 4) is 5.75 Å². The van der Waals surface area contributed by atoms with Crippen LogP contribution in [0, 0.1) is 0 Å². The molecule has 1 amide bonds. The van der Waals surface area contributed by atoms with Crippen LogP contribution in [-0.4, -0.2) is 29.0 Å². The Hall–Kier alpha value is -3.93. The number of aryl methyl sites for hydroxylation is 2. The third-order valence-electron chi connectivity index (χ3n) is 5.09. The zero-order valence-electron chi connectivity index (χ0n) is 17.1. The molecule has 0 unspecified atom stereocenters. The molecule has 0 radical (unpaired) electrons. The summed E-state index contributed by atoms with van der Waals surface area (Å²) in [4.78, 5) is 20.5. The normalized spacial score (nSPS) is 10.7. The molecule has 0 fully saturated rings. The van der Waals surface area contributed by atoms with Gasteiger partial charge in [0.15, 0.2) is 0 Å². The minimum Gasteiger partial charge on any atom is -0.492 e. The Kier molecular flexibility index (Phi) is 6.38. The number of fused-ring (bicyclic) bond motifs is 1. The van der Waals surface area contributed by atoms with Crippen LogP contribution in [0.3, 0.4) is 0 Å². The van der Waals surface area contributed by atoms with Gasteiger partial charge in [0.2, 0.25) is 0 Å². The second-order valence-electron chi connectivity index (χ2n) is 7.24. The van der Waals surface area contributed by atoms with Gasteiger partial charge in [-0.25, -0.2) is 4.98 Å². The van der Waals surface area contributed by atoms with Gasteiger partial charge in [0, 0.05) is 29.5 Å². The van der Waals surface area contributed by atoms with Crippen molar-refractivity contribution in [3.63, 3.8) is 0 Å². The lowest BCUT2D eigenvalue weighted by Crippen LogP contribution is -2.28. The van der Waals surface area contributed by atoms with E-state index in [0.29, 0.717) is 30.3 Å². The minimum absolute atomic E-state index is 0.115. The standard InChI is InChI=1S/C25H24N4O2/c26-24-23-17-22(8-7-20(23)11-14-28-24)31-16-15-29-25(30)21-5-3-18(4-6-21)1-2-19-9-12-27-13-10-19/h3-14,17H,1-2,15-16H2,(H2,26,28)(H,29,30). The van der Waals surface area contributed by atoms with Crippen molar-refractivity contribution in [2.45, 2.75) is 12.8 Å². The number of hydrogen-bond acceptors (Lipinski definition) is 5. The van der Waals surface area contributed by atoms with E-state index in [2.05, 4.69) is 15.3 Å². The molecule has 0 saturated heterocycles. The molecule has 0 aliphatic carbocycles. The first kappa shape index (κ1) is 20.3. The van der Waals surface area contributed by atoms with Crippen molar-refractivity contribution >= 4 is 22.5 Å². The molecule has 0 saturated carbocycles. The highest BCUT2D eigenvalue weighted by Gasteiger charge is 2.06. The Morgan fingerprint density at radius 3 is 2.42 bits per heavy atom. The summed E-state index contributed by atoms with van der Waals surface area (Å²) < 4.78 is 5.75. The molecule has 2 heterocycles. The maximum atomic E-state index is 12.4. The summed E-state index contributed by atoms with van der Waals surface area (Å²) >= 11 is 0. The van der Waals surface area contributed by atoms with Crippen LogP contribution < -0.4 is 15.8 Å². The highest BCUT2D eigenvalue weighted by Crippen LogP contribution is 2.23. The van der Waals surface area contributed by atoms with Gasteiger partial charge < -0.3 is 15.8 Å². The molecule has 156 valence electrons. The molecule has 0 atom stereocenters. The SMILES string of the molecule is Nc1nccc2ccc(OCCNC(=O)c3ccc(CCc4ccncc4)cc3)cc12. The summed E-state index contributed by atoms with van der Waals surface area (Å²) in [6.45, 7) is 0.768. The predicted molar refractivity (Wildman–Crippen MR) is 122 cm³/mol. The topological polar surface area (TPSA) is 90.1 Å². The zero-order valence-corrected chi connectivity index (χ0v) is 17.1. The van der Waals surface area contributed by atoms with Crippen molar-refractivity contribution in [2.24, 2.45) is 0 Å². The van der Waals surface area contributed by atoms with Crippen LogP contribution in [0.4, 0.5) is 5.82 Å². The molecular formula is C25H24N4O2. The molecule has 0 spiro atoms. The summed E-state index contributed by atoms with van der Waals surface area (Å²) in [5, 5.41) is 4.75. The Balaban J connectivity index is 1.24. The summed E-state index contributed by atoms with van der Waals surface area (Å²) in [6.07, 6.45) is 7.16. The first-order valence-corrected chi connectivity index (χ1v) is 10.2. The van der Waals surface area contributed by atoms with Crippen LogP contribution in [0.25, 0.3) is 10.8 Å². The second-order valence-corrected chi connectivity index (χ2v) is 7.24. The Bertz CT molecular complexity index is 1160. The molecule has 31 heavy (non-hydrogen) atoms. The van der Waals surface area contributed by atoms with Crippen molar-refractivity contribution < 1.29 is 9.53 Å². The molecular weight excluding hydrogens is 388 g/mol. The summed E-state index contributed by atoms with van der Waals surface area (Å²) in [5.41, 5.74) is 9.00. The van der Waals surface area contributed by atoms with E-state index in [-0.39, 0.29) is 5.91 Å². The van der Waals surface area contributed by atoms with E-state index in [1.165, 1.54) is 11.1 Å². The van der Waals surface area contributed by atoms with Crippen molar-refractivity contribution in [2.75, 3.05) is 18.9 Å². The maximum Gasteiger partial charge on any atom is 0.251 e. The lowest BCUT2D eigenvalue weighted by atomic mass is 10.0. The number of benzene rings is 2.